The lowest BCUT2D eigenvalue weighted by Gasteiger charge is -2.05. The molecule has 2 rings (SSSR count). The molecule has 1 heterocycles. The van der Waals surface area contributed by atoms with Gasteiger partial charge < -0.3 is 0 Å². The molecule has 72 valence electrons. The molecule has 2 aromatic rings. The van der Waals surface area contributed by atoms with Crippen molar-refractivity contribution >= 4 is 61.9 Å². The highest BCUT2D eigenvalue weighted by atomic mass is 127. The Balaban J connectivity index is 2.87. The number of carbonyl (C=O) groups is 1. The van der Waals surface area contributed by atoms with Crippen LogP contribution in [-0.2, 0) is 5.88 Å². The third kappa shape index (κ3) is 1.57. The monoisotopic (exact) mass is 336 g/mol. The molecule has 0 saturated heterocycles. The van der Waals surface area contributed by atoms with Crippen molar-refractivity contribution < 1.29 is 4.79 Å². The van der Waals surface area contributed by atoms with Crippen LogP contribution in [0.5, 0.6) is 0 Å². The van der Waals surface area contributed by atoms with Crippen LogP contribution in [0.3, 0.4) is 0 Å². The maximum absolute atomic E-state index is 10.8. The molecule has 0 saturated carbocycles. The molecule has 14 heavy (non-hydrogen) atoms. The van der Waals surface area contributed by atoms with Gasteiger partial charge in [-0.1, -0.05) is 0 Å². The molecule has 1 aromatic carbocycles. The first-order chi connectivity index (χ1) is 6.77. The Morgan fingerprint density at radius 1 is 1.57 bits per heavy atom. The Hall–Kier alpha value is -0.130. The summed E-state index contributed by atoms with van der Waals surface area (Å²) in [4.78, 5) is 10.8. The number of benzene rings is 1. The fourth-order valence-corrected chi connectivity index (χ4v) is 3.53. The first-order valence-corrected chi connectivity index (χ1v) is 6.47. The molecular formula is C10H6ClIOS. The van der Waals surface area contributed by atoms with Crippen LogP contribution in [0.2, 0.25) is 0 Å². The largest absolute Gasteiger partial charge is 0.298 e. The molecule has 0 fully saturated rings. The van der Waals surface area contributed by atoms with Gasteiger partial charge in [0, 0.05) is 19.7 Å². The van der Waals surface area contributed by atoms with Crippen molar-refractivity contribution in [2.24, 2.45) is 0 Å². The van der Waals surface area contributed by atoms with Gasteiger partial charge in [0.2, 0.25) is 0 Å². The standard InChI is InChI=1S/C10H6ClIOS/c11-4-8-7-1-2-14-9(7)3-6(5-13)10(8)12/h1-3,5H,4H2. The maximum Gasteiger partial charge on any atom is 0.151 e. The van der Waals surface area contributed by atoms with E-state index in [2.05, 4.69) is 28.7 Å². The van der Waals surface area contributed by atoms with Crippen LogP contribution in [-0.4, -0.2) is 6.29 Å². The zero-order valence-corrected chi connectivity index (χ0v) is 10.8. The average molecular weight is 337 g/mol. The summed E-state index contributed by atoms with van der Waals surface area (Å²) < 4.78 is 2.10. The number of halogens is 2. The summed E-state index contributed by atoms with van der Waals surface area (Å²) in [7, 11) is 0. The molecule has 0 spiro atoms. The second-order valence-corrected chi connectivity index (χ2v) is 5.14. The van der Waals surface area contributed by atoms with Crippen molar-refractivity contribution in [2.75, 3.05) is 0 Å². The Morgan fingerprint density at radius 3 is 3.00 bits per heavy atom. The smallest absolute Gasteiger partial charge is 0.151 e. The molecule has 0 aliphatic carbocycles. The molecule has 0 amide bonds. The van der Waals surface area contributed by atoms with Gasteiger partial charge in [-0.15, -0.1) is 22.9 Å². The summed E-state index contributed by atoms with van der Waals surface area (Å²) in [6, 6.07) is 3.97. The van der Waals surface area contributed by atoms with E-state index in [0.29, 0.717) is 5.88 Å². The normalized spacial score (nSPS) is 10.7. The molecule has 0 N–H and O–H groups in total. The summed E-state index contributed by atoms with van der Waals surface area (Å²) in [6.45, 7) is 0. The topological polar surface area (TPSA) is 17.1 Å². The fraction of sp³-hybridized carbons (Fsp3) is 0.100. The lowest BCUT2D eigenvalue weighted by atomic mass is 10.1. The summed E-state index contributed by atoms with van der Waals surface area (Å²) in [6.07, 6.45) is 0.886. The molecule has 0 bridgehead atoms. The first kappa shape index (κ1) is 10.4. The number of hydrogen-bond acceptors (Lipinski definition) is 2. The maximum atomic E-state index is 10.8. The summed E-state index contributed by atoms with van der Waals surface area (Å²) >= 11 is 9.69. The zero-order chi connectivity index (χ0) is 10.1. The van der Waals surface area contributed by atoms with E-state index in [-0.39, 0.29) is 0 Å². The van der Waals surface area contributed by atoms with E-state index < -0.39 is 0 Å². The average Bonchev–Trinajstić information content (AvgIpc) is 2.64. The van der Waals surface area contributed by atoms with Crippen LogP contribution < -0.4 is 0 Å². The Kier molecular flexibility index (Phi) is 3.09. The molecular weight excluding hydrogens is 331 g/mol. The van der Waals surface area contributed by atoms with E-state index in [0.717, 1.165) is 25.7 Å². The molecule has 0 radical (unpaired) electrons. The van der Waals surface area contributed by atoms with Crippen molar-refractivity contribution in [3.8, 4) is 0 Å². The van der Waals surface area contributed by atoms with E-state index in [9.17, 15) is 4.79 Å². The second kappa shape index (κ2) is 4.16. The Labute approximate surface area is 104 Å². The van der Waals surface area contributed by atoms with Gasteiger partial charge in [0.15, 0.2) is 6.29 Å². The van der Waals surface area contributed by atoms with Crippen molar-refractivity contribution in [3.63, 3.8) is 0 Å². The van der Waals surface area contributed by atoms with Crippen LogP contribution >= 0.6 is 45.5 Å². The minimum atomic E-state index is 0.452. The summed E-state index contributed by atoms with van der Waals surface area (Å²) in [5.41, 5.74) is 1.80. The van der Waals surface area contributed by atoms with E-state index in [4.69, 9.17) is 11.6 Å². The highest BCUT2D eigenvalue weighted by Crippen LogP contribution is 2.31. The fourth-order valence-electron chi connectivity index (χ4n) is 1.40. The highest BCUT2D eigenvalue weighted by Gasteiger charge is 2.10. The van der Waals surface area contributed by atoms with Crippen LogP contribution in [0.25, 0.3) is 10.1 Å². The van der Waals surface area contributed by atoms with Gasteiger partial charge in [0.1, 0.15) is 0 Å². The molecule has 0 atom stereocenters. The van der Waals surface area contributed by atoms with E-state index in [1.807, 2.05) is 11.4 Å². The highest BCUT2D eigenvalue weighted by molar-refractivity contribution is 14.1. The lowest BCUT2D eigenvalue weighted by molar-refractivity contribution is 0.112. The number of thiophene rings is 1. The van der Waals surface area contributed by atoms with Crippen molar-refractivity contribution in [1.29, 1.82) is 0 Å². The molecule has 0 aliphatic rings. The number of carbonyl (C=O) groups excluding carboxylic acids is 1. The van der Waals surface area contributed by atoms with Crippen LogP contribution in [0, 0.1) is 3.57 Å². The first-order valence-electron chi connectivity index (χ1n) is 3.97. The van der Waals surface area contributed by atoms with Crippen LogP contribution in [0.15, 0.2) is 17.5 Å². The van der Waals surface area contributed by atoms with Crippen molar-refractivity contribution in [2.45, 2.75) is 5.88 Å². The quantitative estimate of drug-likeness (QED) is 0.459. The van der Waals surface area contributed by atoms with Crippen LogP contribution in [0.4, 0.5) is 0 Å². The van der Waals surface area contributed by atoms with Gasteiger partial charge >= 0.3 is 0 Å². The molecule has 0 unspecified atom stereocenters. The number of alkyl halides is 1. The van der Waals surface area contributed by atoms with Gasteiger partial charge in [0.25, 0.3) is 0 Å². The van der Waals surface area contributed by atoms with Gasteiger partial charge in [0.05, 0.1) is 0 Å². The second-order valence-electron chi connectivity index (χ2n) is 2.84. The van der Waals surface area contributed by atoms with E-state index in [1.165, 1.54) is 5.39 Å². The minimum Gasteiger partial charge on any atom is -0.298 e. The lowest BCUT2D eigenvalue weighted by Crippen LogP contribution is -1.92. The van der Waals surface area contributed by atoms with Gasteiger partial charge in [-0.05, 0) is 51.1 Å². The molecule has 4 heteroatoms. The van der Waals surface area contributed by atoms with E-state index >= 15 is 0 Å². The SMILES string of the molecule is O=Cc1cc2sccc2c(CCl)c1I. The zero-order valence-electron chi connectivity index (χ0n) is 7.09. The predicted octanol–water partition coefficient (Wildman–Crippen LogP) is 4.06. The van der Waals surface area contributed by atoms with Crippen LogP contribution in [0.1, 0.15) is 15.9 Å². The molecule has 0 aliphatic heterocycles. The number of fused-ring (bicyclic) bond motifs is 1. The van der Waals surface area contributed by atoms with E-state index in [1.54, 1.807) is 11.3 Å². The van der Waals surface area contributed by atoms with Gasteiger partial charge in [-0.2, -0.15) is 0 Å². The van der Waals surface area contributed by atoms with Crippen molar-refractivity contribution in [3.05, 3.63) is 32.2 Å². The molecule has 1 aromatic heterocycles. The van der Waals surface area contributed by atoms with Gasteiger partial charge in [-0.3, -0.25) is 4.79 Å². The third-order valence-corrected chi connectivity index (χ3v) is 4.49. The molecule has 1 nitrogen and oxygen atoms in total. The van der Waals surface area contributed by atoms with Crippen molar-refractivity contribution in [1.82, 2.24) is 0 Å². The van der Waals surface area contributed by atoms with Gasteiger partial charge in [-0.25, -0.2) is 0 Å². The number of aldehydes is 1. The Bertz CT molecular complexity index is 492. The third-order valence-electron chi connectivity index (χ3n) is 2.09. The number of rotatable bonds is 2. The number of hydrogen-bond donors (Lipinski definition) is 0. The summed E-state index contributed by atoms with van der Waals surface area (Å²) in [5, 5.41) is 3.19. The Morgan fingerprint density at radius 2 is 2.36 bits per heavy atom. The summed E-state index contributed by atoms with van der Waals surface area (Å²) in [5.74, 6) is 0.452. The minimum absolute atomic E-state index is 0.452. The predicted molar refractivity (Wildman–Crippen MR) is 69.5 cm³/mol.